The van der Waals surface area contributed by atoms with Crippen LogP contribution in [0.4, 0.5) is 0 Å². The number of hydrogen-bond donors (Lipinski definition) is 0. The summed E-state index contributed by atoms with van der Waals surface area (Å²) in [6.07, 6.45) is 8.13. The molecule has 128 valence electrons. The summed E-state index contributed by atoms with van der Waals surface area (Å²) in [7, 11) is 3.60. The van der Waals surface area contributed by atoms with Crippen LogP contribution in [0.25, 0.3) is 0 Å². The topological polar surface area (TPSA) is 47.4 Å². The molecule has 1 aliphatic heterocycles. The molecule has 3 rings (SSSR count). The molecule has 5 heteroatoms. The quantitative estimate of drug-likeness (QED) is 0.819. The van der Waals surface area contributed by atoms with Crippen LogP contribution < -0.4 is 4.74 Å². The molecule has 1 aromatic carbocycles. The lowest BCUT2D eigenvalue weighted by Gasteiger charge is -2.25. The third kappa shape index (κ3) is 3.78. The van der Waals surface area contributed by atoms with E-state index < -0.39 is 0 Å². The number of para-hydroxylation sites is 1. The number of rotatable bonds is 6. The second-order valence-corrected chi connectivity index (χ2v) is 6.42. The Morgan fingerprint density at radius 2 is 2.21 bits per heavy atom. The minimum Gasteiger partial charge on any atom is -0.496 e. The summed E-state index contributed by atoms with van der Waals surface area (Å²) in [5.74, 6) is 1.16. The first-order chi connectivity index (χ1) is 11.7. The van der Waals surface area contributed by atoms with Crippen molar-refractivity contribution in [2.24, 2.45) is 7.05 Å². The first-order valence-corrected chi connectivity index (χ1v) is 8.56. The first-order valence-electron chi connectivity index (χ1n) is 8.56. The highest BCUT2D eigenvalue weighted by Crippen LogP contribution is 2.26. The van der Waals surface area contributed by atoms with Crippen LogP contribution in [0.1, 0.15) is 30.4 Å². The van der Waals surface area contributed by atoms with Gasteiger partial charge in [-0.15, -0.1) is 0 Å². The maximum Gasteiger partial charge on any atom is 0.223 e. The Morgan fingerprint density at radius 1 is 1.38 bits per heavy atom. The molecule has 0 bridgehead atoms. The van der Waals surface area contributed by atoms with Crippen molar-refractivity contribution in [1.29, 1.82) is 0 Å². The summed E-state index contributed by atoms with van der Waals surface area (Å²) < 4.78 is 7.22. The lowest BCUT2D eigenvalue weighted by molar-refractivity contribution is -0.131. The molecule has 2 heterocycles. The van der Waals surface area contributed by atoms with Crippen LogP contribution in [0.5, 0.6) is 5.75 Å². The largest absolute Gasteiger partial charge is 0.496 e. The summed E-state index contributed by atoms with van der Waals surface area (Å²) >= 11 is 0. The van der Waals surface area contributed by atoms with E-state index in [-0.39, 0.29) is 11.9 Å². The van der Waals surface area contributed by atoms with Crippen molar-refractivity contribution in [2.75, 3.05) is 13.7 Å². The predicted molar refractivity (Wildman–Crippen MR) is 93.0 cm³/mol. The molecule has 1 aliphatic rings. The molecule has 0 N–H and O–H groups in total. The number of likely N-dealkylation sites (tertiary alicyclic amines) is 1. The Kier molecular flexibility index (Phi) is 5.18. The van der Waals surface area contributed by atoms with Crippen LogP contribution in [0.3, 0.4) is 0 Å². The first kappa shape index (κ1) is 16.6. The Balaban J connectivity index is 1.61. The van der Waals surface area contributed by atoms with Gasteiger partial charge in [0, 0.05) is 32.3 Å². The minimum atomic E-state index is 0.247. The molecule has 0 unspecified atom stereocenters. The summed E-state index contributed by atoms with van der Waals surface area (Å²) in [6.45, 7) is 0.867. The highest BCUT2D eigenvalue weighted by molar-refractivity contribution is 5.77. The van der Waals surface area contributed by atoms with Gasteiger partial charge in [0.2, 0.25) is 5.91 Å². The Hall–Kier alpha value is -2.30. The van der Waals surface area contributed by atoms with Gasteiger partial charge < -0.3 is 9.64 Å². The highest BCUT2D eigenvalue weighted by atomic mass is 16.5. The van der Waals surface area contributed by atoms with Gasteiger partial charge >= 0.3 is 0 Å². The number of hydrogen-bond acceptors (Lipinski definition) is 3. The highest BCUT2D eigenvalue weighted by Gasteiger charge is 2.29. The molecule has 0 aliphatic carbocycles. The molecular formula is C19H25N3O2. The van der Waals surface area contributed by atoms with Crippen LogP contribution in [0.2, 0.25) is 0 Å². The fourth-order valence-corrected chi connectivity index (χ4v) is 3.50. The molecule has 0 spiro atoms. The molecule has 1 saturated heterocycles. The number of nitrogens with zero attached hydrogens (tertiary/aromatic N) is 3. The van der Waals surface area contributed by atoms with Gasteiger partial charge in [0.15, 0.2) is 0 Å². The summed E-state index contributed by atoms with van der Waals surface area (Å²) in [5.41, 5.74) is 2.29. The third-order valence-electron chi connectivity index (χ3n) is 4.73. The lowest BCUT2D eigenvalue weighted by atomic mass is 10.0. The third-order valence-corrected chi connectivity index (χ3v) is 4.73. The van der Waals surface area contributed by atoms with Gasteiger partial charge in [-0.25, -0.2) is 0 Å². The van der Waals surface area contributed by atoms with E-state index in [9.17, 15) is 4.79 Å². The van der Waals surface area contributed by atoms with Crippen molar-refractivity contribution in [3.05, 3.63) is 47.8 Å². The number of aryl methyl sites for hydroxylation is 2. The molecule has 0 saturated carbocycles. The zero-order chi connectivity index (χ0) is 16.9. The van der Waals surface area contributed by atoms with Gasteiger partial charge in [0.25, 0.3) is 0 Å². The van der Waals surface area contributed by atoms with Gasteiger partial charge in [0.1, 0.15) is 5.75 Å². The number of benzene rings is 1. The molecule has 5 nitrogen and oxygen atoms in total. The minimum absolute atomic E-state index is 0.247. The number of methoxy groups -OCH3 is 1. The van der Waals surface area contributed by atoms with Crippen LogP contribution >= 0.6 is 0 Å². The average Bonchev–Trinajstić information content (AvgIpc) is 3.22. The smallest absolute Gasteiger partial charge is 0.223 e. The molecule has 0 radical (unpaired) electrons. The van der Waals surface area contributed by atoms with Crippen LogP contribution in [0.15, 0.2) is 36.7 Å². The zero-order valence-corrected chi connectivity index (χ0v) is 14.4. The van der Waals surface area contributed by atoms with E-state index in [1.54, 1.807) is 11.8 Å². The van der Waals surface area contributed by atoms with Crippen molar-refractivity contribution < 1.29 is 9.53 Å². The predicted octanol–water partition coefficient (Wildman–Crippen LogP) is 2.60. The molecule has 24 heavy (non-hydrogen) atoms. The van der Waals surface area contributed by atoms with E-state index in [2.05, 4.69) is 16.1 Å². The number of amides is 1. The van der Waals surface area contributed by atoms with Crippen molar-refractivity contribution in [2.45, 2.75) is 38.1 Å². The number of ether oxygens (including phenoxy) is 1. The van der Waals surface area contributed by atoms with Gasteiger partial charge in [-0.05, 0) is 42.9 Å². The number of carbonyl (C=O) groups excluding carboxylic acids is 1. The summed E-state index contributed by atoms with van der Waals surface area (Å²) in [5, 5.41) is 4.16. The van der Waals surface area contributed by atoms with E-state index in [1.807, 2.05) is 37.6 Å². The van der Waals surface area contributed by atoms with E-state index in [0.29, 0.717) is 6.42 Å². The number of aromatic nitrogens is 2. The SMILES string of the molecule is COc1ccccc1C[C@H]1CCCN1C(=O)CCc1cnn(C)c1. The van der Waals surface area contributed by atoms with Crippen molar-refractivity contribution in [3.8, 4) is 5.75 Å². The lowest BCUT2D eigenvalue weighted by Crippen LogP contribution is -2.37. The maximum atomic E-state index is 12.6. The van der Waals surface area contributed by atoms with E-state index >= 15 is 0 Å². The van der Waals surface area contributed by atoms with Crippen LogP contribution in [-0.4, -0.2) is 40.3 Å². The van der Waals surface area contributed by atoms with Gasteiger partial charge in [0.05, 0.1) is 13.3 Å². The summed E-state index contributed by atoms with van der Waals surface area (Å²) in [6, 6.07) is 8.37. The van der Waals surface area contributed by atoms with E-state index in [4.69, 9.17) is 4.74 Å². The average molecular weight is 327 g/mol. The molecular weight excluding hydrogens is 302 g/mol. The van der Waals surface area contributed by atoms with Crippen LogP contribution in [0, 0.1) is 0 Å². The molecule has 1 atom stereocenters. The molecule has 1 aromatic heterocycles. The van der Waals surface area contributed by atoms with Gasteiger partial charge in [-0.3, -0.25) is 9.48 Å². The fraction of sp³-hybridized carbons (Fsp3) is 0.474. The standard InChI is InChI=1S/C19H25N3O2/c1-21-14-15(13-20-21)9-10-19(23)22-11-5-7-17(22)12-16-6-3-4-8-18(16)24-2/h3-4,6,8,13-14,17H,5,7,9-12H2,1-2H3/t17-/m1/s1. The zero-order valence-electron chi connectivity index (χ0n) is 14.4. The van der Waals surface area contributed by atoms with Gasteiger partial charge in [-0.2, -0.15) is 5.10 Å². The maximum absolute atomic E-state index is 12.6. The number of carbonyl (C=O) groups is 1. The Labute approximate surface area is 143 Å². The second kappa shape index (κ2) is 7.51. The Bertz CT molecular complexity index is 695. The monoisotopic (exact) mass is 327 g/mol. The molecule has 2 aromatic rings. The molecule has 1 amide bonds. The van der Waals surface area contributed by atoms with Crippen molar-refractivity contribution >= 4 is 5.91 Å². The van der Waals surface area contributed by atoms with E-state index in [0.717, 1.165) is 43.5 Å². The molecule has 1 fully saturated rings. The van der Waals surface area contributed by atoms with Crippen LogP contribution in [-0.2, 0) is 24.7 Å². The van der Waals surface area contributed by atoms with Crippen molar-refractivity contribution in [3.63, 3.8) is 0 Å². The van der Waals surface area contributed by atoms with E-state index in [1.165, 1.54) is 5.56 Å². The van der Waals surface area contributed by atoms with Gasteiger partial charge in [-0.1, -0.05) is 18.2 Å². The van der Waals surface area contributed by atoms with Crippen molar-refractivity contribution in [1.82, 2.24) is 14.7 Å². The Morgan fingerprint density at radius 3 is 2.96 bits per heavy atom. The fourth-order valence-electron chi connectivity index (χ4n) is 3.50. The summed E-state index contributed by atoms with van der Waals surface area (Å²) in [4.78, 5) is 14.7. The second-order valence-electron chi connectivity index (χ2n) is 6.42. The normalized spacial score (nSPS) is 17.2.